The van der Waals surface area contributed by atoms with Crippen molar-refractivity contribution in [2.24, 2.45) is 5.92 Å². The minimum Gasteiger partial charge on any atom is -0.340 e. The van der Waals surface area contributed by atoms with Crippen LogP contribution >= 0.6 is 22.7 Å². The Morgan fingerprint density at radius 3 is 2.76 bits per heavy atom. The normalized spacial score (nSPS) is 21.1. The van der Waals surface area contributed by atoms with Crippen molar-refractivity contribution in [1.29, 1.82) is 0 Å². The van der Waals surface area contributed by atoms with Gasteiger partial charge in [-0.3, -0.25) is 19.4 Å². The molecule has 3 atom stereocenters. The van der Waals surface area contributed by atoms with Crippen LogP contribution in [0.5, 0.6) is 0 Å². The van der Waals surface area contributed by atoms with Gasteiger partial charge in [-0.05, 0) is 47.9 Å². The highest BCUT2D eigenvalue weighted by Crippen LogP contribution is 2.34. The third-order valence-electron chi connectivity index (χ3n) is 6.76. The maximum atomic E-state index is 13.7. The molecule has 0 spiro atoms. The van der Waals surface area contributed by atoms with E-state index in [1.54, 1.807) is 29.7 Å². The number of fused-ring (bicyclic) bond motifs is 2. The summed E-state index contributed by atoms with van der Waals surface area (Å²) in [5.74, 6) is -1.08. The first-order valence-corrected chi connectivity index (χ1v) is 15.4. The van der Waals surface area contributed by atoms with Crippen LogP contribution < -0.4 is 5.32 Å². The summed E-state index contributed by atoms with van der Waals surface area (Å²) in [5.41, 5.74) is 0.539. The standard InChI is InChI=1S/C25H28N4O5S3/c1-15(2)10-17(27-24(31)22-11-21-20(36-22)6-9-35-21)25(32)28-8-5-18-23(28)19(30)13-29(18)37(33,34)14-16-4-3-7-26-12-16/h3-4,6-7,9,11-12,15,17-18,23H,5,8,10,13-14H2,1-2H3,(H,27,31). The summed E-state index contributed by atoms with van der Waals surface area (Å²) >= 11 is 2.93. The first kappa shape index (κ1) is 26.0. The van der Waals surface area contributed by atoms with Gasteiger partial charge in [-0.25, -0.2) is 8.42 Å². The number of nitrogens with one attached hydrogen (secondary N) is 1. The molecule has 37 heavy (non-hydrogen) atoms. The lowest BCUT2D eigenvalue weighted by molar-refractivity contribution is -0.138. The molecule has 0 aromatic carbocycles. The molecule has 2 aliphatic rings. The van der Waals surface area contributed by atoms with Gasteiger partial charge in [0.05, 0.1) is 23.2 Å². The molecule has 0 aliphatic carbocycles. The van der Waals surface area contributed by atoms with E-state index in [4.69, 9.17) is 0 Å². The van der Waals surface area contributed by atoms with Crippen LogP contribution in [0, 0.1) is 5.92 Å². The molecule has 2 amide bonds. The van der Waals surface area contributed by atoms with Gasteiger partial charge >= 0.3 is 0 Å². The van der Waals surface area contributed by atoms with Crippen molar-refractivity contribution < 1.29 is 22.8 Å². The zero-order valence-electron chi connectivity index (χ0n) is 20.5. The van der Waals surface area contributed by atoms with E-state index in [9.17, 15) is 22.8 Å². The second-order valence-corrected chi connectivity index (χ2v) is 13.8. The molecule has 3 aromatic heterocycles. The SMILES string of the molecule is CC(C)CC(NC(=O)c1cc2sccc2s1)C(=O)N1CCC2C1C(=O)CN2S(=O)(=O)Cc1cccnc1. The number of likely N-dealkylation sites (tertiary alicyclic amines) is 1. The molecule has 5 heterocycles. The number of Topliss-reactive ketones (excluding diaryl/α,β-unsaturated/α-hetero) is 1. The van der Waals surface area contributed by atoms with Gasteiger partial charge in [0.15, 0.2) is 5.78 Å². The van der Waals surface area contributed by atoms with Crippen molar-refractivity contribution in [3.8, 4) is 0 Å². The van der Waals surface area contributed by atoms with E-state index >= 15 is 0 Å². The fourth-order valence-corrected chi connectivity index (χ4v) is 8.89. The van der Waals surface area contributed by atoms with Gasteiger partial charge in [0.1, 0.15) is 12.1 Å². The van der Waals surface area contributed by atoms with Crippen molar-refractivity contribution in [3.63, 3.8) is 0 Å². The molecule has 5 rings (SSSR count). The number of nitrogens with zero attached hydrogens (tertiary/aromatic N) is 3. The summed E-state index contributed by atoms with van der Waals surface area (Å²) in [4.78, 5) is 45.8. The molecule has 3 aromatic rings. The quantitative estimate of drug-likeness (QED) is 0.453. The third-order valence-corrected chi connectivity index (χ3v) is 10.7. The number of hydrogen-bond acceptors (Lipinski definition) is 8. The molecular formula is C25H28N4O5S3. The minimum absolute atomic E-state index is 0.120. The second-order valence-electron chi connectivity index (χ2n) is 9.88. The first-order chi connectivity index (χ1) is 17.6. The van der Waals surface area contributed by atoms with Crippen LogP contribution in [0.1, 0.15) is 41.9 Å². The van der Waals surface area contributed by atoms with Gasteiger partial charge < -0.3 is 10.2 Å². The Kier molecular flexibility index (Phi) is 7.18. The summed E-state index contributed by atoms with van der Waals surface area (Å²) < 4.78 is 29.7. The Balaban J connectivity index is 1.33. The summed E-state index contributed by atoms with van der Waals surface area (Å²) in [6, 6.07) is 4.89. The Bertz CT molecular complexity index is 1400. The topological polar surface area (TPSA) is 117 Å². The molecule has 3 unspecified atom stereocenters. The molecule has 0 radical (unpaired) electrons. The van der Waals surface area contributed by atoms with Gasteiger partial charge in [-0.15, -0.1) is 22.7 Å². The first-order valence-electron chi connectivity index (χ1n) is 12.1. The fourth-order valence-electron chi connectivity index (χ4n) is 5.16. The van der Waals surface area contributed by atoms with E-state index in [0.717, 1.165) is 9.40 Å². The number of carbonyl (C=O) groups is 3. The molecule has 12 heteroatoms. The summed E-state index contributed by atoms with van der Waals surface area (Å²) in [5, 5.41) is 4.86. The Hall–Kier alpha value is -2.67. The predicted molar refractivity (Wildman–Crippen MR) is 143 cm³/mol. The number of rotatable bonds is 8. The van der Waals surface area contributed by atoms with Gasteiger partial charge in [0.25, 0.3) is 5.91 Å². The summed E-state index contributed by atoms with van der Waals surface area (Å²) in [7, 11) is -3.78. The number of amides is 2. The number of hydrogen-bond donors (Lipinski definition) is 1. The maximum Gasteiger partial charge on any atom is 0.262 e. The monoisotopic (exact) mass is 560 g/mol. The van der Waals surface area contributed by atoms with Crippen LogP contribution in [0.25, 0.3) is 9.40 Å². The van der Waals surface area contributed by atoms with Gasteiger partial charge in [-0.2, -0.15) is 4.31 Å². The van der Waals surface area contributed by atoms with Crippen molar-refractivity contribution in [2.45, 2.75) is 50.6 Å². The molecule has 0 bridgehead atoms. The van der Waals surface area contributed by atoms with Crippen molar-refractivity contribution >= 4 is 59.7 Å². The van der Waals surface area contributed by atoms with Crippen LogP contribution in [-0.4, -0.2) is 71.4 Å². The van der Waals surface area contributed by atoms with Crippen LogP contribution in [0.15, 0.2) is 42.0 Å². The lowest BCUT2D eigenvalue weighted by atomic mass is 10.0. The van der Waals surface area contributed by atoms with E-state index in [-0.39, 0.29) is 42.4 Å². The van der Waals surface area contributed by atoms with Crippen LogP contribution in [0.2, 0.25) is 0 Å². The number of aromatic nitrogens is 1. The molecule has 9 nitrogen and oxygen atoms in total. The largest absolute Gasteiger partial charge is 0.340 e. The number of thiophene rings is 2. The zero-order valence-corrected chi connectivity index (χ0v) is 22.9. The number of sulfonamides is 1. The highest BCUT2D eigenvalue weighted by Gasteiger charge is 2.54. The predicted octanol–water partition coefficient (Wildman–Crippen LogP) is 2.89. The third kappa shape index (κ3) is 5.20. The van der Waals surface area contributed by atoms with E-state index in [0.29, 0.717) is 23.3 Å². The van der Waals surface area contributed by atoms with E-state index in [2.05, 4.69) is 10.3 Å². The second kappa shape index (κ2) is 10.2. The average molecular weight is 561 g/mol. The minimum atomic E-state index is -3.78. The molecular weight excluding hydrogens is 532 g/mol. The lowest BCUT2D eigenvalue weighted by Gasteiger charge is -2.29. The zero-order chi connectivity index (χ0) is 26.3. The lowest BCUT2D eigenvalue weighted by Crippen LogP contribution is -2.52. The van der Waals surface area contributed by atoms with Gasteiger partial charge in [-0.1, -0.05) is 19.9 Å². The van der Waals surface area contributed by atoms with Gasteiger partial charge in [0.2, 0.25) is 15.9 Å². The smallest absolute Gasteiger partial charge is 0.262 e. The molecule has 2 saturated heterocycles. The van der Waals surface area contributed by atoms with Crippen LogP contribution in [0.3, 0.4) is 0 Å². The Morgan fingerprint density at radius 2 is 2.05 bits per heavy atom. The molecule has 2 aliphatic heterocycles. The van der Waals surface area contributed by atoms with E-state index in [1.165, 1.54) is 26.7 Å². The highest BCUT2D eigenvalue weighted by atomic mass is 32.2. The Morgan fingerprint density at radius 1 is 1.24 bits per heavy atom. The molecule has 2 fully saturated rings. The van der Waals surface area contributed by atoms with E-state index < -0.39 is 28.1 Å². The van der Waals surface area contributed by atoms with Crippen molar-refractivity contribution in [1.82, 2.24) is 19.5 Å². The molecule has 1 N–H and O–H groups in total. The number of ketones is 1. The molecule has 0 saturated carbocycles. The number of pyridine rings is 1. The summed E-state index contributed by atoms with van der Waals surface area (Å²) in [6.45, 7) is 3.94. The fraction of sp³-hybridized carbons (Fsp3) is 0.440. The van der Waals surface area contributed by atoms with Gasteiger partial charge in [0, 0.05) is 28.3 Å². The summed E-state index contributed by atoms with van der Waals surface area (Å²) in [6.07, 6.45) is 3.85. The van der Waals surface area contributed by atoms with Crippen molar-refractivity contribution in [3.05, 3.63) is 52.5 Å². The number of carbonyl (C=O) groups excluding carboxylic acids is 3. The Labute approximate surface area is 223 Å². The van der Waals surface area contributed by atoms with Crippen LogP contribution in [-0.2, 0) is 25.4 Å². The highest BCUT2D eigenvalue weighted by molar-refractivity contribution is 7.88. The average Bonchev–Trinajstić information content (AvgIpc) is 3.60. The van der Waals surface area contributed by atoms with E-state index in [1.807, 2.05) is 31.4 Å². The maximum absolute atomic E-state index is 13.7. The van der Waals surface area contributed by atoms with Crippen molar-refractivity contribution in [2.75, 3.05) is 13.1 Å². The molecule has 196 valence electrons. The van der Waals surface area contributed by atoms with Crippen LogP contribution in [0.4, 0.5) is 0 Å².